The van der Waals surface area contributed by atoms with Gasteiger partial charge in [-0.15, -0.1) is 0 Å². The maximum absolute atomic E-state index is 13.4. The van der Waals surface area contributed by atoms with E-state index >= 15 is 0 Å². The van der Waals surface area contributed by atoms with Crippen molar-refractivity contribution in [2.45, 2.75) is 26.8 Å². The predicted molar refractivity (Wildman–Crippen MR) is 123 cm³/mol. The number of aromatic nitrogens is 2. The lowest BCUT2D eigenvalue weighted by Crippen LogP contribution is -2.27. The summed E-state index contributed by atoms with van der Waals surface area (Å²) in [6.07, 6.45) is 3.46. The largest absolute Gasteiger partial charge is 0.497 e. The van der Waals surface area contributed by atoms with Gasteiger partial charge in [0.1, 0.15) is 5.75 Å². The van der Waals surface area contributed by atoms with Crippen molar-refractivity contribution in [3.63, 3.8) is 0 Å². The van der Waals surface area contributed by atoms with Crippen LogP contribution in [-0.2, 0) is 0 Å². The Morgan fingerprint density at radius 2 is 1.71 bits per heavy atom. The van der Waals surface area contributed by atoms with E-state index in [0.717, 1.165) is 44.6 Å². The second-order valence-corrected chi connectivity index (χ2v) is 7.66. The first-order valence-electron chi connectivity index (χ1n) is 10.2. The predicted octanol–water partition coefficient (Wildman–Crippen LogP) is 5.41. The van der Waals surface area contributed by atoms with Gasteiger partial charge in [-0.3, -0.25) is 9.78 Å². The van der Waals surface area contributed by atoms with Gasteiger partial charge < -0.3 is 10.1 Å². The maximum Gasteiger partial charge on any atom is 0.252 e. The zero-order chi connectivity index (χ0) is 22.0. The van der Waals surface area contributed by atoms with Crippen molar-refractivity contribution in [3.8, 4) is 17.0 Å². The highest BCUT2D eigenvalue weighted by atomic mass is 16.5. The van der Waals surface area contributed by atoms with Gasteiger partial charge in [0, 0.05) is 23.3 Å². The van der Waals surface area contributed by atoms with Crippen LogP contribution in [0.3, 0.4) is 0 Å². The molecule has 2 aromatic heterocycles. The molecule has 5 heteroatoms. The Morgan fingerprint density at radius 3 is 2.39 bits per heavy atom. The zero-order valence-electron chi connectivity index (χ0n) is 18.1. The molecule has 1 atom stereocenters. The van der Waals surface area contributed by atoms with Crippen molar-refractivity contribution in [3.05, 3.63) is 89.2 Å². The third-order valence-electron chi connectivity index (χ3n) is 5.69. The first-order chi connectivity index (χ1) is 15.0. The van der Waals surface area contributed by atoms with Crippen LogP contribution in [0, 0.1) is 13.8 Å². The molecule has 156 valence electrons. The van der Waals surface area contributed by atoms with Gasteiger partial charge in [0.2, 0.25) is 0 Å². The molecule has 0 fully saturated rings. The molecular weight excluding hydrogens is 386 g/mol. The van der Waals surface area contributed by atoms with E-state index in [1.807, 2.05) is 68.4 Å². The van der Waals surface area contributed by atoms with Gasteiger partial charge in [0.15, 0.2) is 0 Å². The first kappa shape index (κ1) is 20.5. The quantitative estimate of drug-likeness (QED) is 0.477. The molecule has 0 aliphatic heterocycles. The summed E-state index contributed by atoms with van der Waals surface area (Å²) >= 11 is 0. The highest BCUT2D eigenvalue weighted by molar-refractivity contribution is 6.08. The van der Waals surface area contributed by atoms with Crippen molar-refractivity contribution in [1.29, 1.82) is 0 Å². The fraction of sp³-hybridized carbons (Fsp3) is 0.192. The molecule has 0 radical (unpaired) electrons. The molecule has 0 spiro atoms. The van der Waals surface area contributed by atoms with Crippen LogP contribution in [0.15, 0.2) is 67.0 Å². The van der Waals surface area contributed by atoms with Crippen LogP contribution in [0.4, 0.5) is 0 Å². The number of nitrogens with one attached hydrogen (secondary N) is 1. The Balaban J connectivity index is 1.76. The molecule has 0 saturated carbocycles. The van der Waals surface area contributed by atoms with Crippen molar-refractivity contribution >= 4 is 16.8 Å². The Hall–Kier alpha value is -3.73. The number of pyridine rings is 2. The van der Waals surface area contributed by atoms with E-state index in [2.05, 4.69) is 17.2 Å². The number of amides is 1. The summed E-state index contributed by atoms with van der Waals surface area (Å²) in [5, 5.41) is 3.98. The van der Waals surface area contributed by atoms with E-state index in [4.69, 9.17) is 9.72 Å². The molecule has 0 aliphatic rings. The third kappa shape index (κ3) is 4.12. The number of nitrogens with zero attached hydrogens (tertiary/aromatic N) is 2. The molecule has 0 aliphatic carbocycles. The smallest absolute Gasteiger partial charge is 0.252 e. The molecule has 2 aromatic carbocycles. The SMILES string of the molecule is COc1ccc(C(C)NC(=O)c2cc(-c3ccncc3)nc3c(C)c(C)ccc23)cc1. The minimum atomic E-state index is -0.155. The van der Waals surface area contributed by atoms with Crippen molar-refractivity contribution in [2.24, 2.45) is 0 Å². The normalized spacial score (nSPS) is 11.9. The van der Waals surface area contributed by atoms with Gasteiger partial charge in [-0.05, 0) is 67.8 Å². The summed E-state index contributed by atoms with van der Waals surface area (Å²) in [4.78, 5) is 22.3. The molecule has 4 aromatic rings. The minimum absolute atomic E-state index is 0.130. The maximum atomic E-state index is 13.4. The highest BCUT2D eigenvalue weighted by Crippen LogP contribution is 2.28. The molecule has 5 nitrogen and oxygen atoms in total. The Kier molecular flexibility index (Phi) is 5.67. The van der Waals surface area contributed by atoms with Crippen LogP contribution in [0.1, 0.15) is 40.0 Å². The molecular formula is C26H25N3O2. The summed E-state index contributed by atoms with van der Waals surface area (Å²) in [5.74, 6) is 0.657. The van der Waals surface area contributed by atoms with E-state index in [1.165, 1.54) is 0 Å². The summed E-state index contributed by atoms with van der Waals surface area (Å²) in [5.41, 5.74) is 6.36. The van der Waals surface area contributed by atoms with Gasteiger partial charge in [0.25, 0.3) is 5.91 Å². The molecule has 4 rings (SSSR count). The second-order valence-electron chi connectivity index (χ2n) is 7.66. The molecule has 1 amide bonds. The Bertz CT molecular complexity index is 1240. The summed E-state index contributed by atoms with van der Waals surface area (Å²) in [7, 11) is 1.64. The zero-order valence-corrected chi connectivity index (χ0v) is 18.1. The Morgan fingerprint density at radius 1 is 1.00 bits per heavy atom. The number of carbonyl (C=O) groups is 1. The molecule has 31 heavy (non-hydrogen) atoms. The molecule has 1 unspecified atom stereocenters. The minimum Gasteiger partial charge on any atom is -0.497 e. The van der Waals surface area contributed by atoms with E-state index in [0.29, 0.717) is 5.56 Å². The number of benzene rings is 2. The monoisotopic (exact) mass is 411 g/mol. The summed E-state index contributed by atoms with van der Waals surface area (Å²) in [6.45, 7) is 6.08. The molecule has 2 heterocycles. The van der Waals surface area contributed by atoms with Gasteiger partial charge in [-0.1, -0.05) is 24.3 Å². The van der Waals surface area contributed by atoms with Gasteiger partial charge >= 0.3 is 0 Å². The first-order valence-corrected chi connectivity index (χ1v) is 10.2. The number of fused-ring (bicyclic) bond motifs is 1. The molecule has 0 saturated heterocycles. The van der Waals surface area contributed by atoms with Gasteiger partial charge in [-0.2, -0.15) is 0 Å². The van der Waals surface area contributed by atoms with Crippen LogP contribution in [-0.4, -0.2) is 23.0 Å². The number of hydrogen-bond donors (Lipinski definition) is 1. The van der Waals surface area contributed by atoms with E-state index in [-0.39, 0.29) is 11.9 Å². The van der Waals surface area contributed by atoms with Crippen LogP contribution in [0.5, 0.6) is 5.75 Å². The van der Waals surface area contributed by atoms with Crippen molar-refractivity contribution in [1.82, 2.24) is 15.3 Å². The average Bonchev–Trinajstić information content (AvgIpc) is 2.81. The molecule has 1 N–H and O–H groups in total. The van der Waals surface area contributed by atoms with Crippen molar-refractivity contribution < 1.29 is 9.53 Å². The lowest BCUT2D eigenvalue weighted by atomic mass is 9.98. The fourth-order valence-electron chi connectivity index (χ4n) is 3.64. The lowest BCUT2D eigenvalue weighted by molar-refractivity contribution is 0.0941. The van der Waals surface area contributed by atoms with Crippen LogP contribution < -0.4 is 10.1 Å². The van der Waals surface area contributed by atoms with Crippen LogP contribution >= 0.6 is 0 Å². The van der Waals surface area contributed by atoms with Gasteiger partial charge in [0.05, 0.1) is 29.9 Å². The van der Waals surface area contributed by atoms with E-state index < -0.39 is 0 Å². The average molecular weight is 412 g/mol. The second kappa shape index (κ2) is 8.56. The molecule has 0 bridgehead atoms. The summed E-state index contributed by atoms with van der Waals surface area (Å²) in [6, 6.07) is 17.3. The van der Waals surface area contributed by atoms with E-state index in [9.17, 15) is 4.79 Å². The number of hydrogen-bond acceptors (Lipinski definition) is 4. The standard InChI is InChI=1S/C26H25N3O2/c1-16-5-10-22-23(26(30)28-18(3)19-6-8-21(31-4)9-7-19)15-24(29-25(22)17(16)2)20-11-13-27-14-12-20/h5-15,18H,1-4H3,(H,28,30). The van der Waals surface area contributed by atoms with Crippen LogP contribution in [0.25, 0.3) is 22.2 Å². The topological polar surface area (TPSA) is 64.1 Å². The number of methoxy groups -OCH3 is 1. The third-order valence-corrected chi connectivity index (χ3v) is 5.69. The highest BCUT2D eigenvalue weighted by Gasteiger charge is 2.18. The fourth-order valence-corrected chi connectivity index (χ4v) is 3.64. The van der Waals surface area contributed by atoms with Crippen molar-refractivity contribution in [2.75, 3.05) is 7.11 Å². The number of ether oxygens (including phenoxy) is 1. The summed E-state index contributed by atoms with van der Waals surface area (Å²) < 4.78 is 5.22. The number of rotatable bonds is 5. The van der Waals surface area contributed by atoms with E-state index in [1.54, 1.807) is 19.5 Å². The van der Waals surface area contributed by atoms with Crippen LogP contribution in [0.2, 0.25) is 0 Å². The Labute approximate surface area is 182 Å². The van der Waals surface area contributed by atoms with Gasteiger partial charge in [-0.25, -0.2) is 4.98 Å². The number of carbonyl (C=O) groups excluding carboxylic acids is 1. The lowest BCUT2D eigenvalue weighted by Gasteiger charge is -2.17. The number of aryl methyl sites for hydroxylation is 2.